The lowest BCUT2D eigenvalue weighted by Crippen LogP contribution is -2.04. The van der Waals surface area contributed by atoms with Crippen LogP contribution < -0.4 is 0 Å². The molecule has 0 radical (unpaired) electrons. The van der Waals surface area contributed by atoms with Crippen LogP contribution in [0.15, 0.2) is 29.0 Å². The Bertz CT molecular complexity index is 460. The Morgan fingerprint density at radius 1 is 1.16 bits per heavy atom. The zero-order valence-electron chi connectivity index (χ0n) is 12.2. The van der Waals surface area contributed by atoms with Gasteiger partial charge in [0.15, 0.2) is 0 Å². The predicted molar refractivity (Wildman–Crippen MR) is 84.2 cm³/mol. The lowest BCUT2D eigenvalue weighted by atomic mass is 9.95. The highest BCUT2D eigenvalue weighted by Crippen LogP contribution is 2.35. The fourth-order valence-corrected chi connectivity index (χ4v) is 3.08. The quantitative estimate of drug-likeness (QED) is 0.614. The van der Waals surface area contributed by atoms with Crippen LogP contribution in [0.5, 0.6) is 0 Å². The first-order valence-corrected chi connectivity index (χ1v) is 8.15. The van der Waals surface area contributed by atoms with E-state index in [0.29, 0.717) is 11.8 Å². The van der Waals surface area contributed by atoms with Crippen molar-refractivity contribution in [2.45, 2.75) is 39.5 Å². The van der Waals surface area contributed by atoms with Gasteiger partial charge in [-0.25, -0.2) is 0 Å². The first kappa shape index (κ1) is 14.5. The van der Waals surface area contributed by atoms with Crippen molar-refractivity contribution in [3.8, 4) is 11.1 Å². The molecule has 1 unspecified atom stereocenters. The molecule has 0 spiro atoms. The van der Waals surface area contributed by atoms with Crippen molar-refractivity contribution in [1.29, 1.82) is 0 Å². The van der Waals surface area contributed by atoms with E-state index >= 15 is 0 Å². The van der Waals surface area contributed by atoms with Crippen LogP contribution in [-0.2, 0) is 4.74 Å². The van der Waals surface area contributed by atoms with E-state index in [9.17, 15) is 0 Å². The molecule has 0 saturated carbocycles. The summed E-state index contributed by atoms with van der Waals surface area (Å²) in [5.41, 5.74) is 4.30. The first-order valence-electron chi connectivity index (χ1n) is 7.21. The fourth-order valence-electron chi connectivity index (χ4n) is 2.44. The minimum atomic E-state index is 0.618. The highest BCUT2D eigenvalue weighted by atomic mass is 32.1. The second-order valence-electron chi connectivity index (χ2n) is 5.73. The minimum absolute atomic E-state index is 0.618. The predicted octanol–water partition coefficient (Wildman–Crippen LogP) is 5.41. The van der Waals surface area contributed by atoms with Crippen molar-refractivity contribution in [3.05, 3.63) is 34.5 Å². The van der Waals surface area contributed by atoms with Crippen LogP contribution in [0, 0.1) is 5.92 Å². The Morgan fingerprint density at radius 3 is 2.79 bits per heavy atom. The SMILES string of the molecule is CC(C)COCCCC(C)c1ccc2csccc1-2. The summed E-state index contributed by atoms with van der Waals surface area (Å²) in [6.07, 6.45) is 2.35. The fraction of sp³-hybridized carbons (Fsp3) is 0.529. The highest BCUT2D eigenvalue weighted by Gasteiger charge is 2.14. The largest absolute Gasteiger partial charge is 0.381 e. The van der Waals surface area contributed by atoms with E-state index in [4.69, 9.17) is 4.74 Å². The molecular weight excluding hydrogens is 252 g/mol. The summed E-state index contributed by atoms with van der Waals surface area (Å²) in [6, 6.07) is 6.78. The number of hydrogen-bond acceptors (Lipinski definition) is 2. The molecule has 1 atom stereocenters. The van der Waals surface area contributed by atoms with Gasteiger partial charge in [-0.2, -0.15) is 11.3 Å². The Labute approximate surface area is 121 Å². The maximum absolute atomic E-state index is 5.65. The second-order valence-corrected chi connectivity index (χ2v) is 6.51. The molecule has 0 aromatic rings. The Kier molecular flexibility index (Phi) is 5.41. The lowest BCUT2D eigenvalue weighted by Gasteiger charge is -2.13. The van der Waals surface area contributed by atoms with Gasteiger partial charge in [0, 0.05) is 13.2 Å². The lowest BCUT2D eigenvalue weighted by molar-refractivity contribution is 0.106. The van der Waals surface area contributed by atoms with Crippen molar-refractivity contribution < 1.29 is 4.74 Å². The van der Waals surface area contributed by atoms with Crippen molar-refractivity contribution in [2.75, 3.05) is 13.2 Å². The van der Waals surface area contributed by atoms with Crippen LogP contribution in [0.3, 0.4) is 0 Å². The molecule has 0 fully saturated rings. The Balaban J connectivity index is 1.82. The van der Waals surface area contributed by atoms with Crippen LogP contribution in [0.4, 0.5) is 0 Å². The average molecular weight is 276 g/mol. The molecule has 2 rings (SSSR count). The molecule has 19 heavy (non-hydrogen) atoms. The summed E-state index contributed by atoms with van der Waals surface area (Å²) >= 11 is 1.76. The third kappa shape index (κ3) is 4.05. The monoisotopic (exact) mass is 276 g/mol. The van der Waals surface area contributed by atoms with Crippen molar-refractivity contribution in [1.82, 2.24) is 0 Å². The van der Waals surface area contributed by atoms with Crippen molar-refractivity contribution >= 4 is 11.3 Å². The molecule has 104 valence electrons. The summed E-state index contributed by atoms with van der Waals surface area (Å²) in [7, 11) is 0. The molecule has 1 heterocycles. The molecule has 0 aromatic carbocycles. The van der Waals surface area contributed by atoms with E-state index in [1.54, 1.807) is 11.3 Å². The molecule has 0 saturated heterocycles. The van der Waals surface area contributed by atoms with Gasteiger partial charge in [-0.3, -0.25) is 0 Å². The second kappa shape index (κ2) is 7.06. The number of ether oxygens (including phenoxy) is 1. The molecule has 1 aliphatic carbocycles. The summed E-state index contributed by atoms with van der Waals surface area (Å²) < 4.78 is 5.65. The summed E-state index contributed by atoms with van der Waals surface area (Å²) in [5.74, 6) is 1.25. The zero-order chi connectivity index (χ0) is 13.7. The smallest absolute Gasteiger partial charge is 0.0488 e. The van der Waals surface area contributed by atoms with Gasteiger partial charge in [-0.15, -0.1) is 0 Å². The molecule has 0 aromatic heterocycles. The van der Waals surface area contributed by atoms with Gasteiger partial charge in [0.25, 0.3) is 0 Å². The van der Waals surface area contributed by atoms with E-state index < -0.39 is 0 Å². The summed E-state index contributed by atoms with van der Waals surface area (Å²) in [4.78, 5) is 0. The van der Waals surface area contributed by atoms with Crippen LogP contribution in [0.2, 0.25) is 0 Å². The molecule has 1 aliphatic heterocycles. The molecule has 2 heteroatoms. The van der Waals surface area contributed by atoms with E-state index in [1.165, 1.54) is 23.1 Å². The number of hydrogen-bond donors (Lipinski definition) is 0. The summed E-state index contributed by atoms with van der Waals surface area (Å²) in [6.45, 7) is 8.49. The third-order valence-corrected chi connectivity index (χ3v) is 4.16. The van der Waals surface area contributed by atoms with Crippen LogP contribution in [-0.4, -0.2) is 13.2 Å². The Hall–Kier alpha value is -0.860. The van der Waals surface area contributed by atoms with E-state index in [1.807, 2.05) is 0 Å². The zero-order valence-corrected chi connectivity index (χ0v) is 13.0. The van der Waals surface area contributed by atoms with Gasteiger partial charge in [-0.1, -0.05) is 32.9 Å². The Morgan fingerprint density at radius 2 is 2.00 bits per heavy atom. The van der Waals surface area contributed by atoms with Crippen molar-refractivity contribution in [3.63, 3.8) is 0 Å². The normalized spacial score (nSPS) is 13.3. The third-order valence-electron chi connectivity index (χ3n) is 3.48. The average Bonchev–Trinajstić information content (AvgIpc) is 2.81. The topological polar surface area (TPSA) is 9.23 Å². The van der Waals surface area contributed by atoms with E-state index in [2.05, 4.69) is 49.7 Å². The molecular formula is C17H24OS. The van der Waals surface area contributed by atoms with Gasteiger partial charge in [-0.05, 0) is 58.2 Å². The molecule has 2 aliphatic rings. The van der Waals surface area contributed by atoms with E-state index in [-0.39, 0.29) is 0 Å². The van der Waals surface area contributed by atoms with Gasteiger partial charge >= 0.3 is 0 Å². The summed E-state index contributed by atoms with van der Waals surface area (Å²) in [5, 5.41) is 4.40. The molecule has 0 amide bonds. The van der Waals surface area contributed by atoms with E-state index in [0.717, 1.165) is 19.6 Å². The van der Waals surface area contributed by atoms with Gasteiger partial charge < -0.3 is 4.74 Å². The maximum Gasteiger partial charge on any atom is 0.0488 e. The molecule has 1 nitrogen and oxygen atoms in total. The van der Waals surface area contributed by atoms with Crippen LogP contribution in [0.1, 0.15) is 45.1 Å². The highest BCUT2D eigenvalue weighted by molar-refractivity contribution is 7.07. The number of rotatable bonds is 7. The number of fused-ring (bicyclic) bond motifs is 1. The molecule has 0 N–H and O–H groups in total. The maximum atomic E-state index is 5.65. The van der Waals surface area contributed by atoms with Gasteiger partial charge in [0.2, 0.25) is 0 Å². The minimum Gasteiger partial charge on any atom is -0.381 e. The standard InChI is InChI=1S/C17H24OS/c1-13(2)11-18-9-4-5-14(3)16-7-6-15-12-19-10-8-17(15)16/h6-8,10,12-14H,4-5,9,11H2,1-3H3. The first-order chi connectivity index (χ1) is 9.18. The van der Waals surface area contributed by atoms with Crippen molar-refractivity contribution in [2.24, 2.45) is 5.92 Å². The van der Waals surface area contributed by atoms with Gasteiger partial charge in [0.05, 0.1) is 0 Å². The van der Waals surface area contributed by atoms with Crippen LogP contribution in [0.25, 0.3) is 11.1 Å². The molecule has 0 bridgehead atoms. The van der Waals surface area contributed by atoms with Crippen LogP contribution >= 0.6 is 11.3 Å². The van der Waals surface area contributed by atoms with Gasteiger partial charge in [0.1, 0.15) is 0 Å².